The summed E-state index contributed by atoms with van der Waals surface area (Å²) < 4.78 is 18.1. The third kappa shape index (κ3) is 2.86. The van der Waals surface area contributed by atoms with Gasteiger partial charge in [0.15, 0.2) is 0 Å². The summed E-state index contributed by atoms with van der Waals surface area (Å²) in [6, 6.07) is 6.06. The van der Waals surface area contributed by atoms with Crippen molar-refractivity contribution in [2.24, 2.45) is 0 Å². The van der Waals surface area contributed by atoms with Crippen LogP contribution in [0.4, 0.5) is 10.1 Å². The number of hydrogen-bond donors (Lipinski definition) is 1. The lowest BCUT2D eigenvalue weighted by molar-refractivity contribution is -0.148. The first-order valence-electron chi connectivity index (χ1n) is 6.41. The van der Waals surface area contributed by atoms with E-state index in [4.69, 9.17) is 4.74 Å². The molecular formula is C14H18FNO2S. The van der Waals surface area contributed by atoms with Crippen LogP contribution in [0.2, 0.25) is 0 Å². The number of halogens is 1. The first-order chi connectivity index (χ1) is 9.08. The van der Waals surface area contributed by atoms with Gasteiger partial charge in [0, 0.05) is 10.9 Å². The maximum absolute atomic E-state index is 12.9. The van der Waals surface area contributed by atoms with Crippen LogP contribution in [0.25, 0.3) is 0 Å². The van der Waals surface area contributed by atoms with Gasteiger partial charge in [-0.15, -0.1) is 0 Å². The van der Waals surface area contributed by atoms with E-state index >= 15 is 0 Å². The molecule has 0 amide bonds. The molecule has 1 aliphatic heterocycles. The van der Waals surface area contributed by atoms with Crippen LogP contribution in [0.15, 0.2) is 24.3 Å². The van der Waals surface area contributed by atoms with Gasteiger partial charge in [0.1, 0.15) is 11.4 Å². The van der Waals surface area contributed by atoms with Crippen LogP contribution in [0.3, 0.4) is 0 Å². The number of carbonyl (C=O) groups excluding carboxylic acids is 1. The molecule has 1 aliphatic rings. The van der Waals surface area contributed by atoms with Gasteiger partial charge in [0.25, 0.3) is 0 Å². The van der Waals surface area contributed by atoms with Gasteiger partial charge >= 0.3 is 5.97 Å². The number of rotatable bonds is 4. The zero-order valence-corrected chi connectivity index (χ0v) is 11.9. The average Bonchev–Trinajstić information content (AvgIpc) is 2.75. The van der Waals surface area contributed by atoms with E-state index < -0.39 is 5.54 Å². The van der Waals surface area contributed by atoms with Crippen LogP contribution >= 0.6 is 11.8 Å². The lowest BCUT2D eigenvalue weighted by Gasteiger charge is -2.32. The Morgan fingerprint density at radius 3 is 2.74 bits per heavy atom. The minimum Gasteiger partial charge on any atom is -0.464 e. The van der Waals surface area contributed by atoms with Crippen molar-refractivity contribution >= 4 is 23.4 Å². The molecule has 2 rings (SSSR count). The Morgan fingerprint density at radius 2 is 2.21 bits per heavy atom. The molecule has 0 radical (unpaired) electrons. The van der Waals surface area contributed by atoms with Gasteiger partial charge in [-0.2, -0.15) is 11.8 Å². The van der Waals surface area contributed by atoms with Crippen LogP contribution in [-0.4, -0.2) is 29.1 Å². The van der Waals surface area contributed by atoms with Crippen molar-refractivity contribution in [3.05, 3.63) is 30.1 Å². The second kappa shape index (κ2) is 5.82. The highest BCUT2D eigenvalue weighted by Gasteiger charge is 2.48. The smallest absolute Gasteiger partial charge is 0.332 e. The number of thioether (sulfide) groups is 1. The molecule has 1 aromatic carbocycles. The predicted octanol–water partition coefficient (Wildman–Crippen LogP) is 3.06. The second-order valence-corrected chi connectivity index (χ2v) is 6.04. The molecule has 1 heterocycles. The summed E-state index contributed by atoms with van der Waals surface area (Å²) in [5.74, 6) is 0.398. The van der Waals surface area contributed by atoms with Crippen molar-refractivity contribution in [3.8, 4) is 0 Å². The molecule has 104 valence electrons. The molecule has 1 fully saturated rings. The van der Waals surface area contributed by atoms with E-state index in [9.17, 15) is 9.18 Å². The van der Waals surface area contributed by atoms with Gasteiger partial charge < -0.3 is 10.1 Å². The first-order valence-corrected chi connectivity index (χ1v) is 7.46. The molecule has 5 heteroatoms. The first kappa shape index (κ1) is 14.2. The van der Waals surface area contributed by atoms with E-state index in [1.165, 1.54) is 12.1 Å². The van der Waals surface area contributed by atoms with Crippen LogP contribution in [0, 0.1) is 5.82 Å². The van der Waals surface area contributed by atoms with Crippen LogP contribution in [0.5, 0.6) is 0 Å². The molecule has 2 unspecified atom stereocenters. The Hall–Kier alpha value is -1.23. The highest BCUT2D eigenvalue weighted by Crippen LogP contribution is 2.39. The minimum atomic E-state index is -0.710. The summed E-state index contributed by atoms with van der Waals surface area (Å²) in [5, 5.41) is 3.38. The zero-order chi connectivity index (χ0) is 13.9. The average molecular weight is 283 g/mol. The molecule has 0 bridgehead atoms. The third-order valence-corrected chi connectivity index (χ3v) is 4.75. The molecule has 0 spiro atoms. The van der Waals surface area contributed by atoms with E-state index in [1.54, 1.807) is 30.8 Å². The minimum absolute atomic E-state index is 0.122. The van der Waals surface area contributed by atoms with Gasteiger partial charge in [0.2, 0.25) is 0 Å². The highest BCUT2D eigenvalue weighted by molar-refractivity contribution is 8.00. The van der Waals surface area contributed by atoms with E-state index in [-0.39, 0.29) is 17.0 Å². The molecule has 1 N–H and O–H groups in total. The Bertz CT molecular complexity index is 451. The topological polar surface area (TPSA) is 38.3 Å². The largest absolute Gasteiger partial charge is 0.464 e. The maximum atomic E-state index is 12.9. The summed E-state index contributed by atoms with van der Waals surface area (Å²) in [5.41, 5.74) is 0.0298. The molecule has 0 aliphatic carbocycles. The molecule has 0 aromatic heterocycles. The predicted molar refractivity (Wildman–Crippen MR) is 75.9 cm³/mol. The van der Waals surface area contributed by atoms with Crippen molar-refractivity contribution in [3.63, 3.8) is 0 Å². The van der Waals surface area contributed by atoms with E-state index in [2.05, 4.69) is 5.32 Å². The normalized spacial score (nSPS) is 26.2. The Kier molecular flexibility index (Phi) is 4.34. The molecule has 19 heavy (non-hydrogen) atoms. The van der Waals surface area contributed by atoms with Gasteiger partial charge in [-0.25, -0.2) is 9.18 Å². The van der Waals surface area contributed by atoms with Crippen LogP contribution in [-0.2, 0) is 9.53 Å². The SMILES string of the molecule is CCOC(=O)C1(Nc2ccc(F)cc2)CCSC1C. The maximum Gasteiger partial charge on any atom is 0.332 e. The second-order valence-electron chi connectivity index (χ2n) is 4.59. The van der Waals surface area contributed by atoms with Gasteiger partial charge in [-0.1, -0.05) is 6.92 Å². The lowest BCUT2D eigenvalue weighted by Crippen LogP contribution is -2.51. The number of ether oxygens (including phenoxy) is 1. The fraction of sp³-hybridized carbons (Fsp3) is 0.500. The fourth-order valence-electron chi connectivity index (χ4n) is 2.28. The van der Waals surface area contributed by atoms with E-state index in [0.717, 1.165) is 17.9 Å². The van der Waals surface area contributed by atoms with Crippen molar-refractivity contribution < 1.29 is 13.9 Å². The third-order valence-electron chi connectivity index (χ3n) is 3.41. The standard InChI is InChI=1S/C14H18FNO2S/c1-3-18-13(17)14(8-9-19-10(14)2)16-12-6-4-11(15)5-7-12/h4-7,10,16H,3,8-9H2,1-2H3. The van der Waals surface area contributed by atoms with Crippen molar-refractivity contribution in [1.29, 1.82) is 0 Å². The number of anilines is 1. The molecule has 1 saturated heterocycles. The summed E-state index contributed by atoms with van der Waals surface area (Å²) in [6.07, 6.45) is 0.717. The molecule has 3 nitrogen and oxygen atoms in total. The Labute approximate surface area is 116 Å². The number of carbonyl (C=O) groups is 1. The van der Waals surface area contributed by atoms with E-state index in [1.807, 2.05) is 6.92 Å². The lowest BCUT2D eigenvalue weighted by atomic mass is 9.92. The van der Waals surface area contributed by atoms with Crippen molar-refractivity contribution in [2.75, 3.05) is 17.7 Å². The van der Waals surface area contributed by atoms with Gasteiger partial charge in [-0.3, -0.25) is 0 Å². The summed E-state index contributed by atoms with van der Waals surface area (Å²) in [7, 11) is 0. The van der Waals surface area contributed by atoms with Gasteiger partial charge in [-0.05, 0) is 43.4 Å². The van der Waals surface area contributed by atoms with Crippen LogP contribution < -0.4 is 5.32 Å². The quantitative estimate of drug-likeness (QED) is 0.862. The summed E-state index contributed by atoms with van der Waals surface area (Å²) >= 11 is 1.74. The van der Waals surface area contributed by atoms with Gasteiger partial charge in [0.05, 0.1) is 6.61 Å². The molecule has 2 atom stereocenters. The van der Waals surface area contributed by atoms with Crippen molar-refractivity contribution in [2.45, 2.75) is 31.1 Å². The monoisotopic (exact) mass is 283 g/mol. The summed E-state index contributed by atoms with van der Waals surface area (Å²) in [6.45, 7) is 4.18. The number of nitrogens with one attached hydrogen (secondary N) is 1. The summed E-state index contributed by atoms with van der Waals surface area (Å²) in [4.78, 5) is 12.3. The highest BCUT2D eigenvalue weighted by atomic mass is 32.2. The molecular weight excluding hydrogens is 265 g/mol. The molecule has 1 aromatic rings. The Morgan fingerprint density at radius 1 is 1.53 bits per heavy atom. The fourth-order valence-corrected chi connectivity index (χ4v) is 3.63. The van der Waals surface area contributed by atoms with Crippen molar-refractivity contribution in [1.82, 2.24) is 0 Å². The van der Waals surface area contributed by atoms with Crippen LogP contribution in [0.1, 0.15) is 20.3 Å². The Balaban J connectivity index is 2.23. The number of benzene rings is 1. The number of hydrogen-bond acceptors (Lipinski definition) is 4. The number of esters is 1. The van der Waals surface area contributed by atoms with E-state index in [0.29, 0.717) is 6.61 Å². The molecule has 0 saturated carbocycles. The zero-order valence-electron chi connectivity index (χ0n) is 11.1.